The van der Waals surface area contributed by atoms with Crippen molar-refractivity contribution >= 4 is 5.97 Å². The monoisotopic (exact) mass is 184 g/mol. The first-order valence-corrected chi connectivity index (χ1v) is 5.08. The molecular formula is C10H16O3. The molecule has 0 amide bonds. The number of hydrogen-bond donors (Lipinski definition) is 0. The summed E-state index contributed by atoms with van der Waals surface area (Å²) in [7, 11) is 0. The van der Waals surface area contributed by atoms with Crippen molar-refractivity contribution in [3.8, 4) is 0 Å². The lowest BCUT2D eigenvalue weighted by molar-refractivity contribution is -0.178. The lowest BCUT2D eigenvalue weighted by Crippen LogP contribution is -2.43. The van der Waals surface area contributed by atoms with Crippen LogP contribution in [0.3, 0.4) is 0 Å². The molecule has 0 aliphatic carbocycles. The Morgan fingerprint density at radius 3 is 2.92 bits per heavy atom. The van der Waals surface area contributed by atoms with Crippen LogP contribution in [0.2, 0.25) is 0 Å². The van der Waals surface area contributed by atoms with Gasteiger partial charge in [-0.2, -0.15) is 0 Å². The van der Waals surface area contributed by atoms with Crippen molar-refractivity contribution in [2.75, 3.05) is 0 Å². The van der Waals surface area contributed by atoms with Gasteiger partial charge in [-0.15, -0.1) is 0 Å². The lowest BCUT2D eigenvalue weighted by Gasteiger charge is -2.39. The zero-order valence-corrected chi connectivity index (χ0v) is 7.99. The average Bonchev–Trinajstić information content (AvgIpc) is 2.10. The van der Waals surface area contributed by atoms with Crippen molar-refractivity contribution in [1.29, 1.82) is 0 Å². The topological polar surface area (TPSA) is 35.5 Å². The van der Waals surface area contributed by atoms with Crippen LogP contribution in [-0.4, -0.2) is 24.3 Å². The molecule has 13 heavy (non-hydrogen) atoms. The van der Waals surface area contributed by atoms with Crippen LogP contribution < -0.4 is 0 Å². The van der Waals surface area contributed by atoms with Crippen molar-refractivity contribution < 1.29 is 14.3 Å². The maximum Gasteiger partial charge on any atom is 0.302 e. The molecule has 0 N–H and O–H groups in total. The van der Waals surface area contributed by atoms with E-state index in [0.717, 1.165) is 19.3 Å². The van der Waals surface area contributed by atoms with Crippen LogP contribution in [0.5, 0.6) is 0 Å². The Hall–Kier alpha value is -0.570. The lowest BCUT2D eigenvalue weighted by atomic mass is 9.90. The Labute approximate surface area is 78.4 Å². The zero-order chi connectivity index (χ0) is 9.26. The van der Waals surface area contributed by atoms with Crippen LogP contribution >= 0.6 is 0 Å². The van der Waals surface area contributed by atoms with Gasteiger partial charge in [0, 0.05) is 6.92 Å². The fraction of sp³-hybridized carbons (Fsp3) is 0.900. The van der Waals surface area contributed by atoms with E-state index in [4.69, 9.17) is 9.47 Å². The number of fused-ring (bicyclic) bond motifs is 2. The number of ether oxygens (including phenoxy) is 2. The molecule has 2 aliphatic rings. The summed E-state index contributed by atoms with van der Waals surface area (Å²) >= 11 is 0. The van der Waals surface area contributed by atoms with Crippen molar-refractivity contribution in [2.45, 2.75) is 57.3 Å². The van der Waals surface area contributed by atoms with E-state index in [0.29, 0.717) is 6.10 Å². The van der Waals surface area contributed by atoms with Crippen molar-refractivity contribution in [1.82, 2.24) is 0 Å². The maximum atomic E-state index is 10.8. The van der Waals surface area contributed by atoms with Gasteiger partial charge in [0.25, 0.3) is 0 Å². The van der Waals surface area contributed by atoms with Crippen LogP contribution in [0.15, 0.2) is 0 Å². The second-order valence-corrected chi connectivity index (χ2v) is 3.95. The Balaban J connectivity index is 1.93. The summed E-state index contributed by atoms with van der Waals surface area (Å²) in [6.07, 6.45) is 6.12. The van der Waals surface area contributed by atoms with Gasteiger partial charge in [0.05, 0.1) is 12.2 Å². The van der Waals surface area contributed by atoms with Crippen LogP contribution in [0, 0.1) is 0 Å². The molecule has 2 bridgehead atoms. The largest absolute Gasteiger partial charge is 0.460 e. The van der Waals surface area contributed by atoms with E-state index < -0.39 is 0 Å². The number of carbonyl (C=O) groups is 1. The minimum atomic E-state index is -0.183. The molecule has 2 aliphatic heterocycles. The van der Waals surface area contributed by atoms with Gasteiger partial charge < -0.3 is 9.47 Å². The first-order chi connectivity index (χ1) is 6.25. The van der Waals surface area contributed by atoms with Gasteiger partial charge in [-0.05, 0) is 32.1 Å². The van der Waals surface area contributed by atoms with E-state index in [1.165, 1.54) is 19.8 Å². The zero-order valence-electron chi connectivity index (χ0n) is 7.99. The highest BCUT2D eigenvalue weighted by Crippen LogP contribution is 2.32. The Morgan fingerprint density at radius 2 is 2.15 bits per heavy atom. The number of carbonyl (C=O) groups excluding carboxylic acids is 1. The van der Waals surface area contributed by atoms with Gasteiger partial charge in [-0.3, -0.25) is 4.79 Å². The predicted octanol–water partition coefficient (Wildman–Crippen LogP) is 1.65. The van der Waals surface area contributed by atoms with E-state index in [1.54, 1.807) is 0 Å². The van der Waals surface area contributed by atoms with Gasteiger partial charge in [-0.1, -0.05) is 0 Å². The van der Waals surface area contributed by atoms with Gasteiger partial charge in [0.15, 0.2) is 0 Å². The van der Waals surface area contributed by atoms with Crippen molar-refractivity contribution in [2.24, 2.45) is 0 Å². The minimum absolute atomic E-state index is 0.0223. The molecule has 0 spiro atoms. The van der Waals surface area contributed by atoms with E-state index in [9.17, 15) is 4.79 Å². The highest BCUT2D eigenvalue weighted by molar-refractivity contribution is 5.66. The van der Waals surface area contributed by atoms with E-state index in [1.807, 2.05) is 0 Å². The molecule has 0 aromatic rings. The molecule has 0 aromatic carbocycles. The predicted molar refractivity (Wildman–Crippen MR) is 47.3 cm³/mol. The first kappa shape index (κ1) is 9.00. The standard InChI is InChI=1S/C10H16O3/c1-7(11)12-10-6-5-8-3-2-4-9(10)13-8/h8-10H,2-6H2,1H3. The fourth-order valence-electron chi connectivity index (χ4n) is 2.30. The van der Waals surface area contributed by atoms with E-state index in [-0.39, 0.29) is 18.2 Å². The minimum Gasteiger partial charge on any atom is -0.460 e. The summed E-state index contributed by atoms with van der Waals surface area (Å²) in [6, 6.07) is 0. The third-order valence-electron chi connectivity index (χ3n) is 2.89. The van der Waals surface area contributed by atoms with Gasteiger partial charge in [0.2, 0.25) is 0 Å². The third-order valence-corrected chi connectivity index (χ3v) is 2.89. The molecule has 0 saturated carbocycles. The van der Waals surface area contributed by atoms with Crippen LogP contribution in [0.25, 0.3) is 0 Å². The summed E-state index contributed by atoms with van der Waals surface area (Å²) in [5.41, 5.74) is 0. The molecule has 0 radical (unpaired) electrons. The molecule has 3 atom stereocenters. The summed E-state index contributed by atoms with van der Waals surface area (Å²) in [5.74, 6) is -0.183. The molecular weight excluding hydrogens is 168 g/mol. The highest BCUT2D eigenvalue weighted by atomic mass is 16.6. The molecule has 2 fully saturated rings. The van der Waals surface area contributed by atoms with E-state index >= 15 is 0 Å². The molecule has 2 saturated heterocycles. The summed E-state index contributed by atoms with van der Waals surface area (Å²) < 4.78 is 11.0. The number of rotatable bonds is 1. The third kappa shape index (κ3) is 2.02. The Bertz CT molecular complexity index is 202. The molecule has 0 aromatic heterocycles. The fourth-order valence-corrected chi connectivity index (χ4v) is 2.30. The van der Waals surface area contributed by atoms with Gasteiger partial charge in [0.1, 0.15) is 6.10 Å². The van der Waals surface area contributed by atoms with Gasteiger partial charge >= 0.3 is 5.97 Å². The normalized spacial score (nSPS) is 38.4. The highest BCUT2D eigenvalue weighted by Gasteiger charge is 2.35. The van der Waals surface area contributed by atoms with E-state index in [2.05, 4.69) is 0 Å². The molecule has 2 heterocycles. The molecule has 2 rings (SSSR count). The van der Waals surface area contributed by atoms with Crippen molar-refractivity contribution in [3.05, 3.63) is 0 Å². The first-order valence-electron chi connectivity index (χ1n) is 5.08. The smallest absolute Gasteiger partial charge is 0.302 e. The Kier molecular flexibility index (Phi) is 2.54. The summed E-state index contributed by atoms with van der Waals surface area (Å²) in [6.45, 7) is 1.47. The molecule has 3 nitrogen and oxygen atoms in total. The van der Waals surface area contributed by atoms with Crippen LogP contribution in [0.1, 0.15) is 39.0 Å². The second-order valence-electron chi connectivity index (χ2n) is 3.95. The van der Waals surface area contributed by atoms with Crippen LogP contribution in [0.4, 0.5) is 0 Å². The Morgan fingerprint density at radius 1 is 1.31 bits per heavy atom. The van der Waals surface area contributed by atoms with Crippen molar-refractivity contribution in [3.63, 3.8) is 0 Å². The van der Waals surface area contributed by atoms with Gasteiger partial charge in [-0.25, -0.2) is 0 Å². The number of esters is 1. The SMILES string of the molecule is CC(=O)OC1CCC2CCCC1O2. The molecule has 3 heteroatoms. The average molecular weight is 184 g/mol. The summed E-state index contributed by atoms with van der Waals surface area (Å²) in [5, 5.41) is 0. The second kappa shape index (κ2) is 3.66. The van der Waals surface area contributed by atoms with Crippen LogP contribution in [-0.2, 0) is 14.3 Å². The maximum absolute atomic E-state index is 10.8. The summed E-state index contributed by atoms with van der Waals surface area (Å²) in [4.78, 5) is 10.8. The quantitative estimate of drug-likeness (QED) is 0.581. The molecule has 3 unspecified atom stereocenters. The molecule has 74 valence electrons. The number of hydrogen-bond acceptors (Lipinski definition) is 3.